The molecule has 11 heteroatoms. The summed E-state index contributed by atoms with van der Waals surface area (Å²) in [7, 11) is 0. The fourth-order valence-electron chi connectivity index (χ4n) is 5.40. The monoisotopic (exact) mass is 531 g/mol. The third-order valence-electron chi connectivity index (χ3n) is 7.60. The first-order valence-corrected chi connectivity index (χ1v) is 13.2. The highest BCUT2D eigenvalue weighted by molar-refractivity contribution is 5.81. The van der Waals surface area contributed by atoms with Gasteiger partial charge in [0.1, 0.15) is 12.4 Å². The Bertz CT molecular complexity index is 1540. The molecule has 4 heterocycles. The molecule has 0 bridgehead atoms. The zero-order valence-corrected chi connectivity index (χ0v) is 21.5. The van der Waals surface area contributed by atoms with E-state index in [0.29, 0.717) is 80.2 Å². The van der Waals surface area contributed by atoms with Crippen molar-refractivity contribution in [3.8, 4) is 11.1 Å². The van der Waals surface area contributed by atoms with Crippen LogP contribution in [0, 0.1) is 5.82 Å². The molecule has 1 amide bonds. The van der Waals surface area contributed by atoms with Gasteiger partial charge < -0.3 is 24.8 Å². The number of hydrogen-bond acceptors (Lipinski definition) is 7. The average molecular weight is 532 g/mol. The number of imidazole rings is 1. The molecule has 202 valence electrons. The molecule has 4 aromatic rings. The zero-order valence-electron chi connectivity index (χ0n) is 21.5. The number of amides is 1. The lowest BCUT2D eigenvalue weighted by molar-refractivity contribution is -0.132. The van der Waals surface area contributed by atoms with Crippen LogP contribution in [0.25, 0.3) is 22.2 Å². The minimum Gasteiger partial charge on any atom is -0.393 e. The Morgan fingerprint density at radius 1 is 0.974 bits per heavy atom. The molecular formula is C28H30FN7O3. The van der Waals surface area contributed by atoms with E-state index in [1.165, 1.54) is 16.7 Å². The van der Waals surface area contributed by atoms with Crippen LogP contribution in [0.3, 0.4) is 0 Å². The molecule has 0 unspecified atom stereocenters. The molecule has 10 nitrogen and oxygen atoms in total. The maximum atomic E-state index is 14.3. The van der Waals surface area contributed by atoms with Crippen LogP contribution >= 0.6 is 0 Å². The molecule has 2 aliphatic heterocycles. The highest BCUT2D eigenvalue weighted by Gasteiger charge is 2.25. The number of para-hydroxylation sites is 2. The Kier molecular flexibility index (Phi) is 6.74. The van der Waals surface area contributed by atoms with Crippen molar-refractivity contribution in [3.05, 3.63) is 71.2 Å². The summed E-state index contributed by atoms with van der Waals surface area (Å²) in [5, 5.41) is 9.76. The maximum absolute atomic E-state index is 14.3. The average Bonchev–Trinajstić information content (AvgIpc) is 3.28. The van der Waals surface area contributed by atoms with Crippen LogP contribution in [0.2, 0.25) is 0 Å². The third kappa shape index (κ3) is 5.09. The van der Waals surface area contributed by atoms with Crippen molar-refractivity contribution < 1.29 is 14.3 Å². The first kappa shape index (κ1) is 25.1. The SMILES string of the molecule is O=C(Cn1c(=O)[nH]c2ccccc21)N1CCN(c2ccc(F)cc2-c2cnc(N3CCC(O)CC3)nc2)CC1. The molecule has 6 rings (SSSR count). The number of benzene rings is 2. The summed E-state index contributed by atoms with van der Waals surface area (Å²) in [6.07, 6.45) is 4.52. The molecule has 2 saturated heterocycles. The van der Waals surface area contributed by atoms with Crippen molar-refractivity contribution in [2.75, 3.05) is 49.1 Å². The van der Waals surface area contributed by atoms with Crippen LogP contribution in [-0.2, 0) is 11.3 Å². The number of aromatic nitrogens is 4. The van der Waals surface area contributed by atoms with E-state index in [2.05, 4.69) is 19.9 Å². The summed E-state index contributed by atoms with van der Waals surface area (Å²) >= 11 is 0. The summed E-state index contributed by atoms with van der Waals surface area (Å²) < 4.78 is 15.8. The number of carbonyl (C=O) groups excluding carboxylic acids is 1. The van der Waals surface area contributed by atoms with Gasteiger partial charge in [-0.25, -0.2) is 19.2 Å². The van der Waals surface area contributed by atoms with Gasteiger partial charge in [0.15, 0.2) is 0 Å². The predicted octanol–water partition coefficient (Wildman–Crippen LogP) is 2.24. The fraction of sp³-hybridized carbons (Fsp3) is 0.357. The van der Waals surface area contributed by atoms with Gasteiger partial charge in [-0.05, 0) is 43.2 Å². The summed E-state index contributed by atoms with van der Waals surface area (Å²) in [5.41, 5.74) is 3.37. The van der Waals surface area contributed by atoms with Crippen LogP contribution in [0.5, 0.6) is 0 Å². The Morgan fingerprint density at radius 3 is 2.44 bits per heavy atom. The van der Waals surface area contributed by atoms with Crippen LogP contribution < -0.4 is 15.5 Å². The number of H-pyrrole nitrogens is 1. The molecule has 2 aromatic carbocycles. The summed E-state index contributed by atoms with van der Waals surface area (Å²) in [6.45, 7) is 3.49. The Labute approximate surface area is 224 Å². The number of carbonyl (C=O) groups is 1. The number of aliphatic hydroxyl groups excluding tert-OH is 1. The number of nitrogens with one attached hydrogen (secondary N) is 1. The summed E-state index contributed by atoms with van der Waals surface area (Å²) in [6, 6.07) is 12.0. The standard InChI is InChI=1S/C28H30FN7O3/c29-20-5-6-24(22(15-20)19-16-30-27(31-17-19)35-9-7-21(37)8-10-35)33-11-13-34(14-12-33)26(38)18-36-25-4-2-1-3-23(25)32-28(36)39/h1-6,15-17,21,37H,7-14,18H2,(H,32,39). The molecule has 2 aliphatic rings. The molecule has 0 saturated carbocycles. The van der Waals surface area contributed by atoms with Gasteiger partial charge in [-0.3, -0.25) is 9.36 Å². The quantitative estimate of drug-likeness (QED) is 0.406. The largest absolute Gasteiger partial charge is 0.393 e. The van der Waals surface area contributed by atoms with Crippen molar-refractivity contribution in [2.45, 2.75) is 25.5 Å². The van der Waals surface area contributed by atoms with Crippen molar-refractivity contribution in [1.29, 1.82) is 0 Å². The predicted molar refractivity (Wildman–Crippen MR) is 146 cm³/mol. The van der Waals surface area contributed by atoms with Gasteiger partial charge in [0.25, 0.3) is 0 Å². The molecular weight excluding hydrogens is 501 g/mol. The number of fused-ring (bicyclic) bond motifs is 1. The highest BCUT2D eigenvalue weighted by atomic mass is 19.1. The summed E-state index contributed by atoms with van der Waals surface area (Å²) in [5.74, 6) is 0.140. The number of aliphatic hydroxyl groups is 1. The molecule has 0 radical (unpaired) electrons. The normalized spacial score (nSPS) is 16.7. The van der Waals surface area contributed by atoms with E-state index in [4.69, 9.17) is 0 Å². The molecule has 2 fully saturated rings. The second-order valence-corrected chi connectivity index (χ2v) is 10.1. The summed E-state index contributed by atoms with van der Waals surface area (Å²) in [4.78, 5) is 43.3. The molecule has 2 aromatic heterocycles. The number of piperazine rings is 1. The van der Waals surface area contributed by atoms with Gasteiger partial charge in [0.2, 0.25) is 11.9 Å². The van der Waals surface area contributed by atoms with Gasteiger partial charge in [-0.2, -0.15) is 0 Å². The van der Waals surface area contributed by atoms with E-state index >= 15 is 0 Å². The number of rotatable bonds is 5. The second kappa shape index (κ2) is 10.5. The lowest BCUT2D eigenvalue weighted by Crippen LogP contribution is -2.50. The molecule has 0 aliphatic carbocycles. The Balaban J connectivity index is 1.15. The first-order valence-electron chi connectivity index (χ1n) is 13.2. The van der Waals surface area contributed by atoms with Gasteiger partial charge >= 0.3 is 5.69 Å². The molecule has 2 N–H and O–H groups in total. The van der Waals surface area contributed by atoms with Gasteiger partial charge in [0, 0.05) is 68.5 Å². The van der Waals surface area contributed by atoms with Gasteiger partial charge in [-0.1, -0.05) is 12.1 Å². The molecule has 39 heavy (non-hydrogen) atoms. The number of aromatic amines is 1. The van der Waals surface area contributed by atoms with Crippen LogP contribution in [0.15, 0.2) is 59.7 Å². The second-order valence-electron chi connectivity index (χ2n) is 10.1. The smallest absolute Gasteiger partial charge is 0.326 e. The lowest BCUT2D eigenvalue weighted by atomic mass is 10.0. The fourth-order valence-corrected chi connectivity index (χ4v) is 5.40. The van der Waals surface area contributed by atoms with Gasteiger partial charge in [-0.15, -0.1) is 0 Å². The minimum atomic E-state index is -0.346. The number of hydrogen-bond donors (Lipinski definition) is 2. The van der Waals surface area contributed by atoms with E-state index in [1.807, 2.05) is 29.2 Å². The van der Waals surface area contributed by atoms with Gasteiger partial charge in [0.05, 0.1) is 17.1 Å². The van der Waals surface area contributed by atoms with E-state index in [1.54, 1.807) is 23.4 Å². The molecule has 0 spiro atoms. The van der Waals surface area contributed by atoms with Crippen LogP contribution in [0.4, 0.5) is 16.0 Å². The van der Waals surface area contributed by atoms with E-state index in [9.17, 15) is 19.1 Å². The minimum absolute atomic E-state index is 0.0235. The maximum Gasteiger partial charge on any atom is 0.326 e. The van der Waals surface area contributed by atoms with Crippen molar-refractivity contribution >= 4 is 28.6 Å². The number of anilines is 2. The third-order valence-corrected chi connectivity index (χ3v) is 7.60. The van der Waals surface area contributed by atoms with Crippen molar-refractivity contribution in [1.82, 2.24) is 24.4 Å². The van der Waals surface area contributed by atoms with E-state index < -0.39 is 0 Å². The number of nitrogens with zero attached hydrogens (tertiary/aromatic N) is 6. The Morgan fingerprint density at radius 2 is 1.69 bits per heavy atom. The Hall–Kier alpha value is -4.25. The lowest BCUT2D eigenvalue weighted by Gasteiger charge is -2.37. The first-order chi connectivity index (χ1) is 19.0. The van der Waals surface area contributed by atoms with E-state index in [-0.39, 0.29) is 30.1 Å². The zero-order chi connectivity index (χ0) is 26.9. The van der Waals surface area contributed by atoms with Crippen molar-refractivity contribution in [2.24, 2.45) is 0 Å². The number of piperidine rings is 1. The topological polar surface area (TPSA) is 111 Å². The molecule has 0 atom stereocenters. The van der Waals surface area contributed by atoms with Crippen LogP contribution in [0.1, 0.15) is 12.8 Å². The van der Waals surface area contributed by atoms with Crippen LogP contribution in [-0.4, -0.2) is 80.8 Å². The van der Waals surface area contributed by atoms with E-state index in [0.717, 1.165) is 5.69 Å². The highest BCUT2D eigenvalue weighted by Crippen LogP contribution is 2.32. The van der Waals surface area contributed by atoms with Crippen molar-refractivity contribution in [3.63, 3.8) is 0 Å². The number of halogens is 1.